The fraction of sp³-hybridized carbons (Fsp3) is 0.290. The number of nitrogens with zero attached hydrogens (tertiary/aromatic N) is 3. The average molecular weight is 524 g/mol. The van der Waals surface area contributed by atoms with Crippen LogP contribution >= 0.6 is 0 Å². The van der Waals surface area contributed by atoms with Crippen molar-refractivity contribution in [3.05, 3.63) is 100 Å². The Bertz CT molecular complexity index is 1590. The van der Waals surface area contributed by atoms with Gasteiger partial charge in [0.25, 0.3) is 5.91 Å². The third-order valence-corrected chi connectivity index (χ3v) is 7.20. The Hall–Kier alpha value is -4.51. The maximum Gasteiger partial charge on any atom is 0.273 e. The minimum absolute atomic E-state index is 0.0476. The van der Waals surface area contributed by atoms with Gasteiger partial charge in [-0.3, -0.25) is 14.3 Å². The number of rotatable bonds is 6. The van der Waals surface area contributed by atoms with E-state index in [9.17, 15) is 14.0 Å². The van der Waals surface area contributed by atoms with E-state index in [0.717, 1.165) is 24.0 Å². The SMILES string of the molecule is CC(C)(C)[C@H](NC(=O)c1nn(Cc2ccc(C#N)cc2)c2c(F)cccc12)C(=O)N[C@H]1CCc2ccccc21. The van der Waals surface area contributed by atoms with Crippen LogP contribution in [0.5, 0.6) is 0 Å². The highest BCUT2D eigenvalue weighted by molar-refractivity contribution is 6.06. The summed E-state index contributed by atoms with van der Waals surface area (Å²) in [6.45, 7) is 5.88. The molecule has 0 saturated carbocycles. The van der Waals surface area contributed by atoms with E-state index in [1.54, 1.807) is 30.3 Å². The molecule has 1 aliphatic carbocycles. The molecule has 2 amide bonds. The van der Waals surface area contributed by atoms with Crippen LogP contribution in [0.4, 0.5) is 4.39 Å². The molecule has 1 heterocycles. The van der Waals surface area contributed by atoms with Crippen molar-refractivity contribution in [1.29, 1.82) is 5.26 Å². The van der Waals surface area contributed by atoms with Crippen molar-refractivity contribution < 1.29 is 14.0 Å². The van der Waals surface area contributed by atoms with Crippen LogP contribution in [0.25, 0.3) is 10.9 Å². The Kier molecular flexibility index (Phi) is 6.92. The Balaban J connectivity index is 1.42. The fourth-order valence-corrected chi connectivity index (χ4v) is 5.17. The molecule has 3 aromatic carbocycles. The number of para-hydroxylation sites is 1. The summed E-state index contributed by atoms with van der Waals surface area (Å²) in [6, 6.07) is 20.6. The van der Waals surface area contributed by atoms with Crippen LogP contribution in [0.2, 0.25) is 0 Å². The molecule has 1 aliphatic rings. The van der Waals surface area contributed by atoms with Gasteiger partial charge in [0.15, 0.2) is 5.69 Å². The second kappa shape index (κ2) is 10.3. The van der Waals surface area contributed by atoms with Crippen LogP contribution in [0, 0.1) is 22.6 Å². The van der Waals surface area contributed by atoms with Gasteiger partial charge in [-0.2, -0.15) is 10.4 Å². The highest BCUT2D eigenvalue weighted by Gasteiger charge is 2.36. The van der Waals surface area contributed by atoms with Gasteiger partial charge in [-0.05, 0) is 53.1 Å². The molecule has 7 nitrogen and oxygen atoms in total. The fourth-order valence-electron chi connectivity index (χ4n) is 5.17. The van der Waals surface area contributed by atoms with E-state index in [-0.39, 0.29) is 29.7 Å². The number of carbonyl (C=O) groups excluding carboxylic acids is 2. The number of aromatic nitrogens is 2. The van der Waals surface area contributed by atoms with Gasteiger partial charge in [-0.15, -0.1) is 0 Å². The standard InChI is InChI=1S/C31H30FN5O2/c1-31(2,3)28(30(39)34-25-16-15-21-7-4-5-8-22(21)25)35-29(38)26-23-9-6-10-24(32)27(23)37(36-26)18-20-13-11-19(17-33)12-14-20/h4-14,25,28H,15-16,18H2,1-3H3,(H,34,39)(H,35,38)/t25-,28+/m0/s1. The van der Waals surface area contributed by atoms with Crippen molar-refractivity contribution in [2.75, 3.05) is 0 Å². The van der Waals surface area contributed by atoms with Crippen molar-refractivity contribution in [2.45, 2.75) is 52.2 Å². The van der Waals surface area contributed by atoms with Crippen molar-refractivity contribution in [1.82, 2.24) is 20.4 Å². The third-order valence-electron chi connectivity index (χ3n) is 7.20. The Morgan fingerprint density at radius 2 is 1.85 bits per heavy atom. The summed E-state index contributed by atoms with van der Waals surface area (Å²) in [4.78, 5) is 27.1. The van der Waals surface area contributed by atoms with Gasteiger partial charge in [0, 0.05) is 5.39 Å². The first-order valence-electron chi connectivity index (χ1n) is 13.0. The number of nitriles is 1. The number of aryl methyl sites for hydroxylation is 1. The van der Waals surface area contributed by atoms with E-state index < -0.39 is 23.2 Å². The summed E-state index contributed by atoms with van der Waals surface area (Å²) >= 11 is 0. The first-order valence-corrected chi connectivity index (χ1v) is 13.0. The van der Waals surface area contributed by atoms with E-state index in [2.05, 4.69) is 27.9 Å². The van der Waals surface area contributed by atoms with Crippen LogP contribution in [-0.2, 0) is 17.8 Å². The molecule has 0 fully saturated rings. The number of hydrogen-bond donors (Lipinski definition) is 2. The molecule has 0 unspecified atom stereocenters. The van der Waals surface area contributed by atoms with E-state index in [1.807, 2.05) is 39.0 Å². The molecule has 4 aromatic rings. The maximum absolute atomic E-state index is 15.0. The molecule has 8 heteroatoms. The third kappa shape index (κ3) is 5.26. The number of amides is 2. The zero-order valence-corrected chi connectivity index (χ0v) is 22.2. The number of carbonyl (C=O) groups is 2. The van der Waals surface area contributed by atoms with Crippen molar-refractivity contribution in [3.8, 4) is 6.07 Å². The minimum atomic E-state index is -0.843. The first kappa shape index (κ1) is 26.1. The highest BCUT2D eigenvalue weighted by atomic mass is 19.1. The molecule has 198 valence electrons. The molecule has 5 rings (SSSR count). The Morgan fingerprint density at radius 1 is 1.10 bits per heavy atom. The predicted molar refractivity (Wildman–Crippen MR) is 146 cm³/mol. The normalized spacial score (nSPS) is 15.4. The lowest BCUT2D eigenvalue weighted by molar-refractivity contribution is -0.126. The number of halogens is 1. The molecule has 0 saturated heterocycles. The zero-order valence-electron chi connectivity index (χ0n) is 22.2. The number of benzene rings is 3. The molecule has 1 aromatic heterocycles. The number of hydrogen-bond acceptors (Lipinski definition) is 4. The van der Waals surface area contributed by atoms with Gasteiger partial charge in [-0.1, -0.05) is 69.3 Å². The quantitative estimate of drug-likeness (QED) is 0.370. The summed E-state index contributed by atoms with van der Waals surface area (Å²) in [5, 5.41) is 19.9. The molecule has 0 radical (unpaired) electrons. The lowest BCUT2D eigenvalue weighted by Crippen LogP contribution is -2.54. The van der Waals surface area contributed by atoms with Crippen molar-refractivity contribution in [2.24, 2.45) is 5.41 Å². The van der Waals surface area contributed by atoms with Crippen molar-refractivity contribution >= 4 is 22.7 Å². The van der Waals surface area contributed by atoms with Crippen molar-refractivity contribution in [3.63, 3.8) is 0 Å². The van der Waals surface area contributed by atoms with Gasteiger partial charge in [-0.25, -0.2) is 4.39 Å². The van der Waals surface area contributed by atoms with Crippen LogP contribution in [0.3, 0.4) is 0 Å². The molecule has 2 atom stereocenters. The summed E-state index contributed by atoms with van der Waals surface area (Å²) in [5.74, 6) is -1.33. The van der Waals surface area contributed by atoms with Gasteiger partial charge >= 0.3 is 0 Å². The second-order valence-electron chi connectivity index (χ2n) is 11.0. The van der Waals surface area contributed by atoms with Crippen LogP contribution < -0.4 is 10.6 Å². The van der Waals surface area contributed by atoms with Crippen LogP contribution in [-0.4, -0.2) is 27.6 Å². The van der Waals surface area contributed by atoms with E-state index in [0.29, 0.717) is 10.9 Å². The van der Waals surface area contributed by atoms with E-state index in [4.69, 9.17) is 5.26 Å². The second-order valence-corrected chi connectivity index (χ2v) is 11.0. The highest BCUT2D eigenvalue weighted by Crippen LogP contribution is 2.32. The summed E-state index contributed by atoms with van der Waals surface area (Å²) in [6.07, 6.45) is 1.70. The van der Waals surface area contributed by atoms with E-state index in [1.165, 1.54) is 22.4 Å². The number of nitrogens with one attached hydrogen (secondary N) is 2. The zero-order chi connectivity index (χ0) is 27.7. The smallest absolute Gasteiger partial charge is 0.273 e. The molecule has 39 heavy (non-hydrogen) atoms. The molecule has 0 bridgehead atoms. The molecule has 0 aliphatic heterocycles. The predicted octanol–water partition coefficient (Wildman–Crippen LogP) is 5.04. The minimum Gasteiger partial charge on any atom is -0.347 e. The van der Waals surface area contributed by atoms with Crippen LogP contribution in [0.1, 0.15) is 66.0 Å². The summed E-state index contributed by atoms with van der Waals surface area (Å²) in [7, 11) is 0. The monoisotopic (exact) mass is 523 g/mol. The van der Waals surface area contributed by atoms with Gasteiger partial charge in [0.1, 0.15) is 17.4 Å². The molecule has 2 N–H and O–H groups in total. The van der Waals surface area contributed by atoms with Gasteiger partial charge in [0.2, 0.25) is 5.91 Å². The van der Waals surface area contributed by atoms with E-state index >= 15 is 0 Å². The Morgan fingerprint density at radius 3 is 2.56 bits per heavy atom. The topological polar surface area (TPSA) is 99.8 Å². The lowest BCUT2D eigenvalue weighted by atomic mass is 9.85. The Labute approximate surface area is 226 Å². The first-order chi connectivity index (χ1) is 18.7. The molecule has 0 spiro atoms. The molecular formula is C31H30FN5O2. The van der Waals surface area contributed by atoms with Gasteiger partial charge < -0.3 is 10.6 Å². The van der Waals surface area contributed by atoms with Crippen LogP contribution in [0.15, 0.2) is 66.7 Å². The summed E-state index contributed by atoms with van der Waals surface area (Å²) in [5.41, 5.74) is 3.30. The van der Waals surface area contributed by atoms with Gasteiger partial charge in [0.05, 0.1) is 24.2 Å². The lowest BCUT2D eigenvalue weighted by Gasteiger charge is -2.31. The average Bonchev–Trinajstić information content (AvgIpc) is 3.49. The molecular weight excluding hydrogens is 493 g/mol. The largest absolute Gasteiger partial charge is 0.347 e. The summed E-state index contributed by atoms with van der Waals surface area (Å²) < 4.78 is 16.4. The maximum atomic E-state index is 15.0. The number of fused-ring (bicyclic) bond motifs is 2.